The van der Waals surface area contributed by atoms with E-state index in [0.29, 0.717) is 29.7 Å². The lowest BCUT2D eigenvalue weighted by Crippen LogP contribution is -2.51. The first-order valence-corrected chi connectivity index (χ1v) is 9.35. The molecule has 0 atom stereocenters. The van der Waals surface area contributed by atoms with Crippen molar-refractivity contribution in [3.8, 4) is 0 Å². The number of carbonyl (C=O) groups is 1. The third kappa shape index (κ3) is 7.02. The number of hydrogen-bond acceptors (Lipinski definition) is 4. The van der Waals surface area contributed by atoms with Crippen LogP contribution >= 0.6 is 23.2 Å². The molecule has 0 spiro atoms. The Balaban J connectivity index is 1.65. The summed E-state index contributed by atoms with van der Waals surface area (Å²) in [6.45, 7) is 11.3. The van der Waals surface area contributed by atoms with Crippen molar-refractivity contribution in [2.24, 2.45) is 0 Å². The van der Waals surface area contributed by atoms with Crippen LogP contribution in [0.1, 0.15) is 26.3 Å². The number of amides is 1. The summed E-state index contributed by atoms with van der Waals surface area (Å²) < 4.78 is 5.41. The lowest BCUT2D eigenvalue weighted by molar-refractivity contribution is 0.0146. The van der Waals surface area contributed by atoms with E-state index in [1.54, 1.807) is 11.0 Å². The molecule has 1 fully saturated rings. The highest BCUT2D eigenvalue weighted by Crippen LogP contribution is 2.20. The van der Waals surface area contributed by atoms with Gasteiger partial charge in [-0.05, 0) is 38.5 Å². The van der Waals surface area contributed by atoms with Crippen molar-refractivity contribution in [2.75, 3.05) is 39.3 Å². The molecule has 0 aromatic heterocycles. The van der Waals surface area contributed by atoms with E-state index in [0.717, 1.165) is 31.7 Å². The minimum atomic E-state index is -0.443. The Morgan fingerprint density at radius 2 is 1.88 bits per heavy atom. The molecule has 0 saturated carbocycles. The van der Waals surface area contributed by atoms with E-state index in [2.05, 4.69) is 10.2 Å². The first kappa shape index (κ1) is 20.3. The number of hydrogen-bond donors (Lipinski definition) is 1. The summed E-state index contributed by atoms with van der Waals surface area (Å²) in [7, 11) is 0. The Hall–Kier alpha value is -1.01. The van der Waals surface area contributed by atoms with Gasteiger partial charge in [0.2, 0.25) is 0 Å². The molecular weight excluding hydrogens is 361 g/mol. The molecule has 1 aromatic carbocycles. The third-order valence-electron chi connectivity index (χ3n) is 3.96. The van der Waals surface area contributed by atoms with Gasteiger partial charge in [-0.3, -0.25) is 4.90 Å². The van der Waals surface area contributed by atoms with Gasteiger partial charge in [-0.2, -0.15) is 0 Å². The van der Waals surface area contributed by atoms with Gasteiger partial charge < -0.3 is 15.0 Å². The summed E-state index contributed by atoms with van der Waals surface area (Å²) in [4.78, 5) is 16.2. The summed E-state index contributed by atoms with van der Waals surface area (Å²) in [6, 6.07) is 5.55. The van der Waals surface area contributed by atoms with Gasteiger partial charge >= 0.3 is 6.09 Å². The van der Waals surface area contributed by atoms with Gasteiger partial charge in [0.25, 0.3) is 0 Å². The van der Waals surface area contributed by atoms with Crippen LogP contribution in [-0.2, 0) is 11.3 Å². The first-order chi connectivity index (χ1) is 11.7. The first-order valence-electron chi connectivity index (χ1n) is 8.59. The highest BCUT2D eigenvalue weighted by molar-refractivity contribution is 6.35. The molecule has 25 heavy (non-hydrogen) atoms. The standard InChI is InChI=1S/C18H27Cl2N3O2/c1-18(2,3)25-17(24)23-10-8-22(9-11-23)7-6-21-13-14-4-5-15(19)12-16(14)20/h4-5,12,21H,6-11,13H2,1-3H3. The van der Waals surface area contributed by atoms with Gasteiger partial charge in [-0.15, -0.1) is 0 Å². The molecule has 140 valence electrons. The predicted molar refractivity (Wildman–Crippen MR) is 102 cm³/mol. The van der Waals surface area contributed by atoms with Crippen molar-refractivity contribution in [3.63, 3.8) is 0 Å². The van der Waals surface area contributed by atoms with Crippen LogP contribution in [0.15, 0.2) is 18.2 Å². The van der Waals surface area contributed by atoms with Crippen LogP contribution in [0.2, 0.25) is 10.0 Å². The monoisotopic (exact) mass is 387 g/mol. The number of ether oxygens (including phenoxy) is 1. The largest absolute Gasteiger partial charge is 0.444 e. The highest BCUT2D eigenvalue weighted by Gasteiger charge is 2.25. The SMILES string of the molecule is CC(C)(C)OC(=O)N1CCN(CCNCc2ccc(Cl)cc2Cl)CC1. The van der Waals surface area contributed by atoms with E-state index >= 15 is 0 Å². The minimum Gasteiger partial charge on any atom is -0.444 e. The Kier molecular flexibility index (Phi) is 7.37. The fourth-order valence-electron chi connectivity index (χ4n) is 2.61. The number of nitrogens with zero attached hydrogens (tertiary/aromatic N) is 2. The molecule has 7 heteroatoms. The number of nitrogens with one attached hydrogen (secondary N) is 1. The van der Waals surface area contributed by atoms with Crippen LogP contribution in [0.3, 0.4) is 0 Å². The van der Waals surface area contributed by atoms with E-state index < -0.39 is 5.60 Å². The smallest absolute Gasteiger partial charge is 0.410 e. The van der Waals surface area contributed by atoms with Crippen molar-refractivity contribution in [1.82, 2.24) is 15.1 Å². The van der Waals surface area contributed by atoms with Crippen molar-refractivity contribution in [3.05, 3.63) is 33.8 Å². The van der Waals surface area contributed by atoms with Crippen LogP contribution < -0.4 is 5.32 Å². The Labute approximate surface area is 160 Å². The van der Waals surface area contributed by atoms with E-state index in [4.69, 9.17) is 27.9 Å². The Morgan fingerprint density at radius 3 is 2.48 bits per heavy atom. The molecule has 1 saturated heterocycles. The molecule has 1 aromatic rings. The van der Waals surface area contributed by atoms with Gasteiger partial charge in [-0.25, -0.2) is 4.79 Å². The topological polar surface area (TPSA) is 44.8 Å². The molecule has 0 unspecified atom stereocenters. The molecular formula is C18H27Cl2N3O2. The minimum absolute atomic E-state index is 0.220. The third-order valence-corrected chi connectivity index (χ3v) is 4.55. The van der Waals surface area contributed by atoms with Crippen molar-refractivity contribution in [1.29, 1.82) is 0 Å². The average molecular weight is 388 g/mol. The maximum atomic E-state index is 12.0. The van der Waals surface area contributed by atoms with Crippen LogP contribution in [-0.4, -0.2) is 60.8 Å². The lowest BCUT2D eigenvalue weighted by Gasteiger charge is -2.35. The van der Waals surface area contributed by atoms with Crippen LogP contribution in [0.5, 0.6) is 0 Å². The molecule has 0 radical (unpaired) electrons. The molecule has 0 aliphatic carbocycles. The van der Waals surface area contributed by atoms with Crippen molar-refractivity contribution in [2.45, 2.75) is 32.9 Å². The molecule has 5 nitrogen and oxygen atoms in total. The molecule has 1 aliphatic heterocycles. The number of piperazine rings is 1. The van der Waals surface area contributed by atoms with Gasteiger partial charge in [0, 0.05) is 55.9 Å². The molecule has 1 N–H and O–H groups in total. The molecule has 2 rings (SSSR count). The van der Waals surface area contributed by atoms with Crippen LogP contribution in [0.25, 0.3) is 0 Å². The summed E-state index contributed by atoms with van der Waals surface area (Å²) >= 11 is 12.1. The highest BCUT2D eigenvalue weighted by atomic mass is 35.5. The van der Waals surface area contributed by atoms with Crippen molar-refractivity contribution >= 4 is 29.3 Å². The van der Waals surface area contributed by atoms with E-state index in [1.807, 2.05) is 32.9 Å². The fraction of sp³-hybridized carbons (Fsp3) is 0.611. The zero-order valence-electron chi connectivity index (χ0n) is 15.1. The molecule has 0 bridgehead atoms. The fourth-order valence-corrected chi connectivity index (χ4v) is 3.08. The second kappa shape index (κ2) is 9.08. The van der Waals surface area contributed by atoms with Crippen LogP contribution in [0, 0.1) is 0 Å². The number of rotatable bonds is 5. The van der Waals surface area contributed by atoms with E-state index in [-0.39, 0.29) is 6.09 Å². The van der Waals surface area contributed by atoms with Gasteiger partial charge in [0.1, 0.15) is 5.60 Å². The van der Waals surface area contributed by atoms with Crippen molar-refractivity contribution < 1.29 is 9.53 Å². The van der Waals surface area contributed by atoms with Gasteiger partial charge in [0.05, 0.1) is 0 Å². The number of halogens is 2. The summed E-state index contributed by atoms with van der Waals surface area (Å²) in [6.07, 6.45) is -0.220. The quantitative estimate of drug-likeness (QED) is 0.783. The normalized spacial score (nSPS) is 16.1. The van der Waals surface area contributed by atoms with E-state index in [1.165, 1.54) is 0 Å². The maximum Gasteiger partial charge on any atom is 0.410 e. The Bertz CT molecular complexity index is 582. The molecule has 1 heterocycles. The zero-order valence-corrected chi connectivity index (χ0v) is 16.7. The second-order valence-electron chi connectivity index (χ2n) is 7.22. The molecule has 1 amide bonds. The number of benzene rings is 1. The summed E-state index contributed by atoms with van der Waals surface area (Å²) in [5, 5.41) is 4.74. The summed E-state index contributed by atoms with van der Waals surface area (Å²) in [5.41, 5.74) is 0.599. The zero-order chi connectivity index (χ0) is 18.4. The van der Waals surface area contributed by atoms with Gasteiger partial charge in [-0.1, -0.05) is 29.3 Å². The summed E-state index contributed by atoms with van der Waals surface area (Å²) in [5.74, 6) is 0. The number of carbonyl (C=O) groups excluding carboxylic acids is 1. The molecule has 1 aliphatic rings. The maximum absolute atomic E-state index is 12.0. The average Bonchev–Trinajstić information content (AvgIpc) is 2.52. The second-order valence-corrected chi connectivity index (χ2v) is 8.07. The van der Waals surface area contributed by atoms with E-state index in [9.17, 15) is 4.79 Å². The van der Waals surface area contributed by atoms with Gasteiger partial charge in [0.15, 0.2) is 0 Å². The predicted octanol–water partition coefficient (Wildman–Crippen LogP) is 3.64. The Morgan fingerprint density at radius 1 is 1.20 bits per heavy atom. The van der Waals surface area contributed by atoms with Crippen LogP contribution in [0.4, 0.5) is 4.79 Å². The lowest BCUT2D eigenvalue weighted by atomic mass is 10.2.